The molecule has 38 nitrogen and oxygen atoms in total. The van der Waals surface area contributed by atoms with Crippen LogP contribution in [0.4, 0.5) is 0 Å². The molecule has 0 aliphatic rings. The summed E-state index contributed by atoms with van der Waals surface area (Å²) in [7, 11) is 0. The van der Waals surface area contributed by atoms with Crippen LogP contribution in [0, 0.1) is 29.6 Å². The van der Waals surface area contributed by atoms with Crippen molar-refractivity contribution in [2.45, 2.75) is 244 Å². The van der Waals surface area contributed by atoms with E-state index in [9.17, 15) is 112 Å². The molecule has 0 aromatic carbocycles. The fourth-order valence-electron chi connectivity index (χ4n) is 9.71. The highest BCUT2D eigenvalue weighted by atomic mass is 16.4. The van der Waals surface area contributed by atoms with Crippen LogP contribution < -0.4 is 81.4 Å². The Labute approximate surface area is 578 Å². The van der Waals surface area contributed by atoms with Gasteiger partial charge in [0.15, 0.2) is 0 Å². The maximum atomic E-state index is 14.4. The first kappa shape index (κ1) is 90.4. The lowest BCUT2D eigenvalue weighted by Crippen LogP contribution is -2.62. The topological polar surface area (TPSA) is 645 Å². The van der Waals surface area contributed by atoms with Crippen LogP contribution in [0.2, 0.25) is 0 Å². The molecule has 0 heterocycles. The van der Waals surface area contributed by atoms with Gasteiger partial charge in [-0.2, -0.15) is 0 Å². The van der Waals surface area contributed by atoms with Gasteiger partial charge in [-0.05, 0) is 93.9 Å². The molecule has 0 bridgehead atoms. The highest BCUT2D eigenvalue weighted by Crippen LogP contribution is 2.16. The van der Waals surface area contributed by atoms with Gasteiger partial charge in [0.25, 0.3) is 0 Å². The zero-order chi connectivity index (χ0) is 77.0. The number of aliphatic carboxylic acids is 5. The van der Waals surface area contributed by atoms with E-state index in [-0.39, 0.29) is 56.9 Å². The predicted molar refractivity (Wildman–Crippen MR) is 353 cm³/mol. The van der Waals surface area contributed by atoms with Gasteiger partial charge >= 0.3 is 29.8 Å². The number of rotatable bonds is 51. The monoisotopic (exact) mass is 1430 g/mol. The summed E-state index contributed by atoms with van der Waals surface area (Å²) in [6.07, 6.45) is -7.33. The van der Waals surface area contributed by atoms with E-state index in [0.29, 0.717) is 0 Å². The fraction of sp³-hybridized carbons (Fsp3) is 0.710. The first-order valence-electron chi connectivity index (χ1n) is 32.9. The van der Waals surface area contributed by atoms with Gasteiger partial charge in [0.05, 0.1) is 18.9 Å². The molecule has 0 fully saturated rings. The summed E-state index contributed by atoms with van der Waals surface area (Å²) < 4.78 is 0. The van der Waals surface area contributed by atoms with Crippen molar-refractivity contribution in [2.24, 2.45) is 52.5 Å². The Balaban J connectivity index is 7.25. The maximum Gasteiger partial charge on any atom is 0.326 e. The van der Waals surface area contributed by atoms with Crippen molar-refractivity contribution in [1.82, 2.24) is 58.5 Å². The van der Waals surface area contributed by atoms with Crippen LogP contribution >= 0.6 is 0 Å². The number of primary amides is 2. The number of unbranched alkanes of at least 4 members (excludes halogenated alkanes) is 1. The van der Waals surface area contributed by atoms with Gasteiger partial charge in [-0.25, -0.2) is 4.79 Å². The molecule has 38 heteroatoms. The Morgan fingerprint density at radius 1 is 0.330 bits per heavy atom. The van der Waals surface area contributed by atoms with Gasteiger partial charge in [0.2, 0.25) is 76.8 Å². The van der Waals surface area contributed by atoms with E-state index in [4.69, 9.17) is 22.9 Å². The molecule has 0 radical (unpaired) electrons. The van der Waals surface area contributed by atoms with Gasteiger partial charge in [-0.1, -0.05) is 75.7 Å². The molecule has 0 spiro atoms. The van der Waals surface area contributed by atoms with Crippen molar-refractivity contribution in [2.75, 3.05) is 6.54 Å². The summed E-state index contributed by atoms with van der Waals surface area (Å²) in [6.45, 7) is 16.2. The van der Waals surface area contributed by atoms with Crippen LogP contribution in [-0.4, -0.2) is 211 Å². The van der Waals surface area contributed by atoms with Gasteiger partial charge < -0.3 is 107 Å². The molecule has 0 saturated heterocycles. The van der Waals surface area contributed by atoms with E-state index < -0.39 is 261 Å². The summed E-state index contributed by atoms with van der Waals surface area (Å²) in [5.41, 5.74) is 22.5. The molecular formula is C62H105N15O23. The average molecular weight is 1430 g/mol. The Hall–Kier alpha value is -9.62. The van der Waals surface area contributed by atoms with Gasteiger partial charge in [-0.3, -0.25) is 81.5 Å². The molecule has 0 rings (SSSR count). The van der Waals surface area contributed by atoms with E-state index in [2.05, 4.69) is 58.5 Å². The number of hydrogen-bond acceptors (Lipinski definition) is 20. The Morgan fingerprint density at radius 3 is 1.02 bits per heavy atom. The molecule has 0 unspecified atom stereocenters. The van der Waals surface area contributed by atoms with Crippen LogP contribution in [0.1, 0.15) is 172 Å². The first-order valence-corrected chi connectivity index (χ1v) is 32.9. The molecular weight excluding hydrogens is 1320 g/mol. The van der Waals surface area contributed by atoms with Crippen molar-refractivity contribution >= 4 is 107 Å². The molecule has 13 amide bonds. The minimum absolute atomic E-state index is 0.0417. The lowest BCUT2D eigenvalue weighted by atomic mass is 9.95. The van der Waals surface area contributed by atoms with Crippen molar-refractivity contribution in [3.05, 3.63) is 0 Å². The van der Waals surface area contributed by atoms with Gasteiger partial charge in [0, 0.05) is 25.7 Å². The molecule has 13 atom stereocenters. The SMILES string of the molecule is CC[C@H](C)[C@H](NC(=O)[C@H](CC(C)C)NC(=O)[C@@H](NC(=O)[C@H](CC(=O)O)NC(=O)[C@@H](N)CC(C)C)C(C)C)C(=O)N[C@@H](CCC(=O)O)C(=O)N[C@@H](CC(N)=O)C(=O)N[C@@H](CCC(=O)O)C(=O)N[C@@H](CCC(N)=O)C(=O)N[C@@H](CCCCN)C(=O)N[C@@H](CCC(=O)O)C(=O)N[C@H](C(=O)O)C(C)C. The maximum absolute atomic E-state index is 14.4. The molecule has 0 aliphatic carbocycles. The number of carbonyl (C=O) groups excluding carboxylic acids is 13. The molecule has 24 N–H and O–H groups in total. The van der Waals surface area contributed by atoms with E-state index in [1.165, 1.54) is 34.6 Å². The quantitative estimate of drug-likeness (QED) is 0.0255. The zero-order valence-electron chi connectivity index (χ0n) is 58.2. The Kier molecular flexibility index (Phi) is 41.5. The number of carbonyl (C=O) groups is 18. The standard InChI is InChI=1S/C62H105N15O23/c1-11-32(10)50(77-58(95)39(25-29(4)5)74-60(97)48(30(6)7)75-59(96)41(27-47(86)87)72-51(88)33(64)24-28(2)3)61(98)71-37(17-21-45(82)83)55(92)73-40(26-43(66)79)57(94)70-36(16-20-44(80)81)54(91)68-35(15-19-42(65)78)53(90)67-34(14-12-13-23-63)52(89)69-38(18-22-46(84)85)56(93)76-49(31(8)9)62(99)100/h28-41,48-50H,11-27,63-64H2,1-10H3,(H2,65,78)(H2,66,79)(H,67,90)(H,68,91)(H,69,89)(H,70,94)(H,71,98)(H,72,88)(H,73,92)(H,74,97)(H,75,96)(H,76,93)(H,77,95)(H,80,81)(H,82,83)(H,84,85)(H,86,87)(H,99,100)/t32-,33-,34-,35-,36-,37-,38-,39-,40-,41-,48-,49-,50-/m0/s1. The first-order chi connectivity index (χ1) is 46.5. The van der Waals surface area contributed by atoms with Crippen LogP contribution in [0.5, 0.6) is 0 Å². The molecule has 0 aromatic rings. The van der Waals surface area contributed by atoms with Crippen molar-refractivity contribution < 1.29 is 112 Å². The summed E-state index contributed by atoms with van der Waals surface area (Å²) in [4.78, 5) is 237. The smallest absolute Gasteiger partial charge is 0.326 e. The number of carboxylic acids is 5. The Bertz CT molecular complexity index is 2880. The average Bonchev–Trinajstić information content (AvgIpc) is 0.856. The van der Waals surface area contributed by atoms with E-state index in [0.717, 1.165) is 0 Å². The minimum atomic E-state index is -2.11. The molecule has 0 saturated carbocycles. The predicted octanol–water partition coefficient (Wildman–Crippen LogP) is -4.48. The van der Waals surface area contributed by atoms with E-state index in [1.807, 2.05) is 0 Å². The number of amides is 13. The van der Waals surface area contributed by atoms with E-state index in [1.54, 1.807) is 34.6 Å². The lowest BCUT2D eigenvalue weighted by Gasteiger charge is -2.30. The number of nitrogens with one attached hydrogen (secondary N) is 11. The molecule has 100 heavy (non-hydrogen) atoms. The summed E-state index contributed by atoms with van der Waals surface area (Å²) in [5, 5.41) is 73.8. The second kappa shape index (κ2) is 45.9. The van der Waals surface area contributed by atoms with Crippen molar-refractivity contribution in [3.8, 4) is 0 Å². The number of carboxylic acid groups (broad SMARTS) is 5. The summed E-state index contributed by atoms with van der Waals surface area (Å²) in [6, 6.07) is -20.0. The van der Waals surface area contributed by atoms with Crippen LogP contribution in [0.15, 0.2) is 0 Å². The van der Waals surface area contributed by atoms with E-state index >= 15 is 0 Å². The lowest BCUT2D eigenvalue weighted by molar-refractivity contribution is -0.144. The highest BCUT2D eigenvalue weighted by Gasteiger charge is 2.39. The van der Waals surface area contributed by atoms with Gasteiger partial charge in [0.1, 0.15) is 66.5 Å². The third-order valence-corrected chi connectivity index (χ3v) is 15.5. The highest BCUT2D eigenvalue weighted by molar-refractivity contribution is 6.01. The molecule has 0 aliphatic heterocycles. The van der Waals surface area contributed by atoms with Gasteiger partial charge in [-0.15, -0.1) is 0 Å². The van der Waals surface area contributed by atoms with Crippen LogP contribution in [0.3, 0.4) is 0 Å². The second-order valence-corrected chi connectivity index (χ2v) is 25.9. The minimum Gasteiger partial charge on any atom is -0.481 e. The normalized spacial score (nSPS) is 15.1. The number of hydrogen-bond donors (Lipinski definition) is 20. The fourth-order valence-corrected chi connectivity index (χ4v) is 9.71. The third kappa shape index (κ3) is 35.8. The van der Waals surface area contributed by atoms with Crippen molar-refractivity contribution in [1.29, 1.82) is 0 Å². The summed E-state index contributed by atoms with van der Waals surface area (Å²) in [5.74, 6) is -24.7. The third-order valence-electron chi connectivity index (χ3n) is 15.5. The molecule has 566 valence electrons. The zero-order valence-corrected chi connectivity index (χ0v) is 58.2. The number of nitrogens with two attached hydrogens (primary N) is 4. The summed E-state index contributed by atoms with van der Waals surface area (Å²) >= 11 is 0. The van der Waals surface area contributed by atoms with Crippen LogP contribution in [0.25, 0.3) is 0 Å². The van der Waals surface area contributed by atoms with Crippen molar-refractivity contribution in [3.63, 3.8) is 0 Å². The van der Waals surface area contributed by atoms with Crippen LogP contribution in [-0.2, 0) is 86.3 Å². The largest absolute Gasteiger partial charge is 0.481 e. The molecule has 0 aromatic heterocycles. The Morgan fingerprint density at radius 2 is 0.650 bits per heavy atom. The second-order valence-electron chi connectivity index (χ2n) is 25.9.